The van der Waals surface area contributed by atoms with E-state index in [1.165, 1.54) is 25.3 Å². The van der Waals surface area contributed by atoms with Crippen molar-refractivity contribution in [2.45, 2.75) is 6.61 Å². The van der Waals surface area contributed by atoms with Gasteiger partial charge in [0.25, 0.3) is 5.69 Å². The fourth-order valence-electron chi connectivity index (χ4n) is 1.89. The maximum atomic E-state index is 11.7. The Hall–Kier alpha value is -3.09. The predicted molar refractivity (Wildman–Crippen MR) is 79.6 cm³/mol. The number of benzene rings is 2. The zero-order valence-corrected chi connectivity index (χ0v) is 11.8. The van der Waals surface area contributed by atoms with Gasteiger partial charge in [-0.05, 0) is 18.2 Å². The van der Waals surface area contributed by atoms with Crippen LogP contribution in [0.15, 0.2) is 42.5 Å². The van der Waals surface area contributed by atoms with Crippen molar-refractivity contribution in [2.24, 2.45) is 0 Å². The van der Waals surface area contributed by atoms with E-state index in [9.17, 15) is 14.9 Å². The summed E-state index contributed by atoms with van der Waals surface area (Å²) in [7, 11) is 1.29. The second kappa shape index (κ2) is 6.57. The van der Waals surface area contributed by atoms with Gasteiger partial charge in [-0.2, -0.15) is 0 Å². The molecule has 7 nitrogen and oxygen atoms in total. The lowest BCUT2D eigenvalue weighted by Crippen LogP contribution is -2.08. The summed E-state index contributed by atoms with van der Waals surface area (Å²) < 4.78 is 10.2. The molecule has 7 heteroatoms. The van der Waals surface area contributed by atoms with Crippen molar-refractivity contribution in [3.63, 3.8) is 0 Å². The van der Waals surface area contributed by atoms with Crippen LogP contribution in [0.4, 0.5) is 11.4 Å². The average molecular weight is 302 g/mol. The highest BCUT2D eigenvalue weighted by Crippen LogP contribution is 2.27. The lowest BCUT2D eigenvalue weighted by molar-refractivity contribution is -0.384. The van der Waals surface area contributed by atoms with Gasteiger partial charge in [0.2, 0.25) is 0 Å². The Labute approximate surface area is 126 Å². The van der Waals surface area contributed by atoms with Crippen molar-refractivity contribution in [1.29, 1.82) is 0 Å². The first-order chi connectivity index (χ1) is 10.5. The first-order valence-corrected chi connectivity index (χ1v) is 6.36. The number of anilines is 1. The molecule has 0 atom stereocenters. The number of nitrogens with zero attached hydrogens (tertiary/aromatic N) is 1. The summed E-state index contributed by atoms with van der Waals surface area (Å²) in [5.74, 6) is -0.178. The van der Waals surface area contributed by atoms with E-state index in [0.29, 0.717) is 16.9 Å². The van der Waals surface area contributed by atoms with Crippen LogP contribution in [0.1, 0.15) is 15.9 Å². The molecule has 0 aliphatic carbocycles. The average Bonchev–Trinajstić information content (AvgIpc) is 2.53. The first-order valence-electron chi connectivity index (χ1n) is 6.36. The number of nitro benzene ring substituents is 1. The second-order valence-corrected chi connectivity index (χ2v) is 4.42. The number of ether oxygens (including phenoxy) is 2. The van der Waals surface area contributed by atoms with Crippen LogP contribution in [0.25, 0.3) is 0 Å². The zero-order chi connectivity index (χ0) is 16.1. The van der Waals surface area contributed by atoms with Crippen LogP contribution in [0, 0.1) is 10.1 Å². The third-order valence-corrected chi connectivity index (χ3v) is 3.02. The van der Waals surface area contributed by atoms with Crippen molar-refractivity contribution >= 4 is 17.3 Å². The molecule has 0 aliphatic rings. The molecule has 2 aromatic rings. The Morgan fingerprint density at radius 3 is 2.68 bits per heavy atom. The third kappa shape index (κ3) is 3.32. The number of methoxy groups -OCH3 is 1. The van der Waals surface area contributed by atoms with Crippen LogP contribution in [-0.4, -0.2) is 18.0 Å². The quantitative estimate of drug-likeness (QED) is 0.394. The van der Waals surface area contributed by atoms with Crippen molar-refractivity contribution < 1.29 is 19.2 Å². The molecule has 0 fully saturated rings. The van der Waals surface area contributed by atoms with Gasteiger partial charge in [-0.15, -0.1) is 0 Å². The standard InChI is InChI=1S/C15H14N2O5/c1-21-15(18)12-5-3-2-4-10(12)9-22-11-6-7-13(16)14(8-11)17(19)20/h2-8H,9,16H2,1H3. The summed E-state index contributed by atoms with van der Waals surface area (Å²) in [4.78, 5) is 21.9. The molecule has 0 saturated heterocycles. The highest BCUT2D eigenvalue weighted by molar-refractivity contribution is 5.90. The lowest BCUT2D eigenvalue weighted by atomic mass is 10.1. The number of hydrogen-bond acceptors (Lipinski definition) is 6. The van der Waals surface area contributed by atoms with Crippen molar-refractivity contribution in [1.82, 2.24) is 0 Å². The van der Waals surface area contributed by atoms with E-state index in [2.05, 4.69) is 0 Å². The molecule has 0 spiro atoms. The van der Waals surface area contributed by atoms with E-state index in [-0.39, 0.29) is 18.0 Å². The van der Waals surface area contributed by atoms with E-state index in [1.807, 2.05) is 0 Å². The minimum Gasteiger partial charge on any atom is -0.489 e. The number of nitrogen functional groups attached to an aromatic ring is 1. The van der Waals surface area contributed by atoms with Crippen LogP contribution in [0.2, 0.25) is 0 Å². The molecule has 0 heterocycles. The van der Waals surface area contributed by atoms with Gasteiger partial charge in [-0.1, -0.05) is 18.2 Å². The highest BCUT2D eigenvalue weighted by Gasteiger charge is 2.14. The van der Waals surface area contributed by atoms with Crippen LogP contribution >= 0.6 is 0 Å². The van der Waals surface area contributed by atoms with Crippen molar-refractivity contribution in [2.75, 3.05) is 12.8 Å². The molecule has 0 saturated carbocycles. The fourth-order valence-corrected chi connectivity index (χ4v) is 1.89. The highest BCUT2D eigenvalue weighted by atomic mass is 16.6. The summed E-state index contributed by atoms with van der Waals surface area (Å²) in [6, 6.07) is 11.0. The number of carbonyl (C=O) groups excluding carboxylic acids is 1. The van der Waals surface area contributed by atoms with E-state index in [0.717, 1.165) is 0 Å². The Morgan fingerprint density at radius 1 is 1.27 bits per heavy atom. The predicted octanol–water partition coefficient (Wildman–Crippen LogP) is 2.54. The van der Waals surface area contributed by atoms with Gasteiger partial charge in [-0.3, -0.25) is 10.1 Å². The largest absolute Gasteiger partial charge is 0.489 e. The van der Waals surface area contributed by atoms with Gasteiger partial charge in [-0.25, -0.2) is 4.79 Å². The second-order valence-electron chi connectivity index (χ2n) is 4.42. The molecule has 0 unspecified atom stereocenters. The van der Waals surface area contributed by atoms with Gasteiger partial charge in [0, 0.05) is 5.56 Å². The Balaban J connectivity index is 2.19. The Morgan fingerprint density at radius 2 is 2.00 bits per heavy atom. The lowest BCUT2D eigenvalue weighted by Gasteiger charge is -2.10. The molecule has 0 aromatic heterocycles. The number of nitro groups is 1. The minimum absolute atomic E-state index is 0.0623. The molecule has 2 aromatic carbocycles. The Kier molecular flexibility index (Phi) is 4.57. The molecule has 0 bridgehead atoms. The fraction of sp³-hybridized carbons (Fsp3) is 0.133. The van der Waals surface area contributed by atoms with E-state index < -0.39 is 10.9 Å². The molecular weight excluding hydrogens is 288 g/mol. The maximum absolute atomic E-state index is 11.7. The number of carbonyl (C=O) groups is 1. The first kappa shape index (κ1) is 15.3. The topological polar surface area (TPSA) is 105 Å². The van der Waals surface area contributed by atoms with Crippen molar-refractivity contribution in [3.05, 3.63) is 63.7 Å². The van der Waals surface area contributed by atoms with Crippen LogP contribution in [0.5, 0.6) is 5.75 Å². The molecule has 2 rings (SSSR count). The summed E-state index contributed by atoms with van der Waals surface area (Å²) in [6.45, 7) is 0.0757. The maximum Gasteiger partial charge on any atom is 0.338 e. The van der Waals surface area contributed by atoms with Gasteiger partial charge < -0.3 is 15.2 Å². The number of hydrogen-bond donors (Lipinski definition) is 1. The SMILES string of the molecule is COC(=O)c1ccccc1COc1ccc(N)c([N+](=O)[O-])c1. The molecule has 114 valence electrons. The third-order valence-electron chi connectivity index (χ3n) is 3.02. The Bertz CT molecular complexity index is 715. The molecule has 2 N–H and O–H groups in total. The molecule has 0 radical (unpaired) electrons. The molecule has 0 amide bonds. The van der Waals surface area contributed by atoms with E-state index in [1.54, 1.807) is 24.3 Å². The number of nitrogens with two attached hydrogens (primary N) is 1. The zero-order valence-electron chi connectivity index (χ0n) is 11.8. The minimum atomic E-state index is -0.579. The van der Waals surface area contributed by atoms with Crippen LogP contribution in [0.3, 0.4) is 0 Å². The summed E-state index contributed by atoms with van der Waals surface area (Å²) in [6.07, 6.45) is 0. The van der Waals surface area contributed by atoms with Crippen LogP contribution in [-0.2, 0) is 11.3 Å². The molecular formula is C15H14N2O5. The van der Waals surface area contributed by atoms with E-state index in [4.69, 9.17) is 15.2 Å². The smallest absolute Gasteiger partial charge is 0.338 e. The van der Waals surface area contributed by atoms with E-state index >= 15 is 0 Å². The van der Waals surface area contributed by atoms with Crippen LogP contribution < -0.4 is 10.5 Å². The molecule has 0 aliphatic heterocycles. The summed E-state index contributed by atoms with van der Waals surface area (Å²) in [5.41, 5.74) is 6.36. The monoisotopic (exact) mass is 302 g/mol. The molecule has 22 heavy (non-hydrogen) atoms. The van der Waals surface area contributed by atoms with Gasteiger partial charge >= 0.3 is 5.97 Å². The summed E-state index contributed by atoms with van der Waals surface area (Å²) in [5, 5.41) is 10.8. The number of rotatable bonds is 5. The van der Waals surface area contributed by atoms with Gasteiger partial charge in [0.05, 0.1) is 23.7 Å². The normalized spacial score (nSPS) is 10.0. The van der Waals surface area contributed by atoms with Crippen molar-refractivity contribution in [3.8, 4) is 5.75 Å². The summed E-state index contributed by atoms with van der Waals surface area (Å²) >= 11 is 0. The van der Waals surface area contributed by atoms with Gasteiger partial charge in [0.1, 0.15) is 18.0 Å². The number of esters is 1. The van der Waals surface area contributed by atoms with Gasteiger partial charge in [0.15, 0.2) is 0 Å².